The fourth-order valence-electron chi connectivity index (χ4n) is 3.03. The second-order valence-electron chi connectivity index (χ2n) is 7.04. The number of carbonyl (C=O) groups is 1. The van der Waals surface area contributed by atoms with Gasteiger partial charge < -0.3 is 24.1 Å². The standard InChI is InChI=1S/C19H22O7/c1-11-7-14(25-18(11)22)9-19(2,23)16(20)10-24-13-5-3-12-4-6-17(21)26-15(12)8-13/h3-6,8,11,14,16,20,23H,7,9-10H2,1-2H3/t11-,14+,16-,19-/m1/s1. The lowest BCUT2D eigenvalue weighted by atomic mass is 9.90. The highest BCUT2D eigenvalue weighted by Crippen LogP contribution is 2.29. The minimum Gasteiger partial charge on any atom is -0.491 e. The van der Waals surface area contributed by atoms with Crippen LogP contribution in [-0.4, -0.2) is 40.6 Å². The van der Waals surface area contributed by atoms with Crippen LogP contribution < -0.4 is 10.4 Å². The maximum atomic E-state index is 11.5. The van der Waals surface area contributed by atoms with Crippen molar-refractivity contribution >= 4 is 16.9 Å². The van der Waals surface area contributed by atoms with E-state index in [4.69, 9.17) is 13.9 Å². The summed E-state index contributed by atoms with van der Waals surface area (Å²) in [7, 11) is 0. The average Bonchev–Trinajstić information content (AvgIpc) is 2.88. The first-order chi connectivity index (χ1) is 12.2. The summed E-state index contributed by atoms with van der Waals surface area (Å²) >= 11 is 0. The number of aliphatic hydroxyl groups is 2. The van der Waals surface area contributed by atoms with Gasteiger partial charge in [-0.15, -0.1) is 0 Å². The molecule has 0 bridgehead atoms. The molecule has 2 N–H and O–H groups in total. The second kappa shape index (κ2) is 7.09. The Balaban J connectivity index is 1.61. The Morgan fingerprint density at radius 1 is 1.31 bits per heavy atom. The molecule has 0 amide bonds. The zero-order valence-electron chi connectivity index (χ0n) is 14.7. The van der Waals surface area contributed by atoms with E-state index in [1.807, 2.05) is 0 Å². The minimum atomic E-state index is -1.47. The number of cyclic esters (lactones) is 1. The third-order valence-electron chi connectivity index (χ3n) is 4.66. The number of esters is 1. The normalized spacial score (nSPS) is 23.5. The number of rotatable bonds is 6. The lowest BCUT2D eigenvalue weighted by Gasteiger charge is -2.30. The number of carbonyl (C=O) groups excluding carboxylic acids is 1. The van der Waals surface area contributed by atoms with Crippen molar-refractivity contribution in [3.8, 4) is 5.75 Å². The Morgan fingerprint density at radius 3 is 2.73 bits per heavy atom. The van der Waals surface area contributed by atoms with Crippen LogP contribution >= 0.6 is 0 Å². The van der Waals surface area contributed by atoms with E-state index < -0.39 is 23.4 Å². The van der Waals surface area contributed by atoms with Crippen molar-refractivity contribution in [1.82, 2.24) is 0 Å². The van der Waals surface area contributed by atoms with Crippen LogP contribution in [0, 0.1) is 5.92 Å². The van der Waals surface area contributed by atoms with E-state index in [9.17, 15) is 19.8 Å². The molecule has 140 valence electrons. The molecular formula is C19H22O7. The van der Waals surface area contributed by atoms with Crippen molar-refractivity contribution in [3.63, 3.8) is 0 Å². The Labute approximate surface area is 150 Å². The van der Waals surface area contributed by atoms with Crippen LogP contribution in [0.5, 0.6) is 5.75 Å². The SMILES string of the molecule is C[C@@H]1C[C@@H](C[C@@](C)(O)[C@H](O)COc2ccc3ccc(=O)oc3c2)OC1=O. The molecule has 1 aliphatic rings. The van der Waals surface area contributed by atoms with E-state index in [2.05, 4.69) is 0 Å². The quantitative estimate of drug-likeness (QED) is 0.594. The molecule has 4 atom stereocenters. The third kappa shape index (κ3) is 4.05. The topological polar surface area (TPSA) is 106 Å². The first-order valence-electron chi connectivity index (χ1n) is 8.52. The van der Waals surface area contributed by atoms with Gasteiger partial charge in [0.25, 0.3) is 0 Å². The lowest BCUT2D eigenvalue weighted by Crippen LogP contribution is -2.45. The van der Waals surface area contributed by atoms with E-state index in [-0.39, 0.29) is 24.9 Å². The molecule has 2 aromatic rings. The number of fused-ring (bicyclic) bond motifs is 1. The molecule has 0 radical (unpaired) electrons. The fraction of sp³-hybridized carbons (Fsp3) is 0.474. The predicted octanol–water partition coefficient (Wildman–Crippen LogP) is 1.63. The Kier molecular flexibility index (Phi) is 5.02. The average molecular weight is 362 g/mol. The maximum Gasteiger partial charge on any atom is 0.336 e. The van der Waals surface area contributed by atoms with Crippen molar-refractivity contribution < 1.29 is 28.9 Å². The van der Waals surface area contributed by atoms with E-state index in [1.165, 1.54) is 13.0 Å². The molecule has 1 fully saturated rings. The molecule has 0 saturated carbocycles. The minimum absolute atomic E-state index is 0.125. The highest BCUT2D eigenvalue weighted by Gasteiger charge is 2.39. The van der Waals surface area contributed by atoms with Gasteiger partial charge in [0.05, 0.1) is 11.5 Å². The molecule has 0 spiro atoms. The van der Waals surface area contributed by atoms with Crippen LogP contribution in [0.3, 0.4) is 0 Å². The monoisotopic (exact) mass is 362 g/mol. The summed E-state index contributed by atoms with van der Waals surface area (Å²) in [6, 6.07) is 7.95. The molecule has 7 heteroatoms. The molecule has 1 aromatic carbocycles. The van der Waals surface area contributed by atoms with Gasteiger partial charge in [0.15, 0.2) is 0 Å². The van der Waals surface area contributed by atoms with Gasteiger partial charge in [0.1, 0.15) is 30.1 Å². The first-order valence-corrected chi connectivity index (χ1v) is 8.52. The Hall–Kier alpha value is -2.38. The van der Waals surface area contributed by atoms with Gasteiger partial charge in [-0.1, -0.05) is 6.92 Å². The molecule has 2 heterocycles. The van der Waals surface area contributed by atoms with Gasteiger partial charge in [0, 0.05) is 23.9 Å². The predicted molar refractivity (Wildman–Crippen MR) is 92.9 cm³/mol. The fourth-order valence-corrected chi connectivity index (χ4v) is 3.03. The van der Waals surface area contributed by atoms with E-state index >= 15 is 0 Å². The highest BCUT2D eigenvalue weighted by molar-refractivity contribution is 5.77. The van der Waals surface area contributed by atoms with Gasteiger partial charge in [-0.3, -0.25) is 4.79 Å². The molecule has 0 aliphatic carbocycles. The number of ether oxygens (including phenoxy) is 2. The summed E-state index contributed by atoms with van der Waals surface area (Å²) in [6.45, 7) is 3.09. The van der Waals surface area contributed by atoms with Gasteiger partial charge in [0.2, 0.25) is 0 Å². The van der Waals surface area contributed by atoms with Crippen LogP contribution in [0.15, 0.2) is 39.5 Å². The van der Waals surface area contributed by atoms with E-state index in [0.717, 1.165) is 5.39 Å². The lowest BCUT2D eigenvalue weighted by molar-refractivity contribution is -0.148. The molecule has 1 aliphatic heterocycles. The number of hydrogen-bond donors (Lipinski definition) is 2. The van der Waals surface area contributed by atoms with Crippen LogP contribution in [0.25, 0.3) is 11.0 Å². The van der Waals surface area contributed by atoms with Crippen molar-refractivity contribution in [2.75, 3.05) is 6.61 Å². The number of benzene rings is 1. The highest BCUT2D eigenvalue weighted by atomic mass is 16.6. The van der Waals surface area contributed by atoms with Gasteiger partial charge >= 0.3 is 11.6 Å². The summed E-state index contributed by atoms with van der Waals surface area (Å²) in [4.78, 5) is 22.7. The van der Waals surface area contributed by atoms with Gasteiger partial charge in [-0.25, -0.2) is 4.79 Å². The second-order valence-corrected chi connectivity index (χ2v) is 7.04. The summed E-state index contributed by atoms with van der Waals surface area (Å²) in [6.07, 6.45) is -0.959. The molecule has 26 heavy (non-hydrogen) atoms. The molecular weight excluding hydrogens is 340 g/mol. The summed E-state index contributed by atoms with van der Waals surface area (Å²) in [5.74, 6) is -0.0757. The number of hydrogen-bond acceptors (Lipinski definition) is 7. The van der Waals surface area contributed by atoms with Crippen LogP contribution in [0.4, 0.5) is 0 Å². The summed E-state index contributed by atoms with van der Waals surface area (Å²) in [5, 5.41) is 21.6. The van der Waals surface area contributed by atoms with E-state index in [1.54, 1.807) is 31.2 Å². The number of aliphatic hydroxyl groups excluding tert-OH is 1. The van der Waals surface area contributed by atoms with Crippen molar-refractivity contribution in [2.24, 2.45) is 5.92 Å². The summed E-state index contributed by atoms with van der Waals surface area (Å²) in [5.41, 5.74) is -1.56. The Morgan fingerprint density at radius 2 is 2.04 bits per heavy atom. The van der Waals surface area contributed by atoms with Crippen LogP contribution in [0.1, 0.15) is 26.7 Å². The molecule has 1 aromatic heterocycles. The van der Waals surface area contributed by atoms with Crippen molar-refractivity contribution in [1.29, 1.82) is 0 Å². The first kappa shape index (κ1) is 18.4. The van der Waals surface area contributed by atoms with Gasteiger partial charge in [-0.2, -0.15) is 0 Å². The van der Waals surface area contributed by atoms with Crippen LogP contribution in [0.2, 0.25) is 0 Å². The van der Waals surface area contributed by atoms with Crippen molar-refractivity contribution in [3.05, 3.63) is 40.8 Å². The smallest absolute Gasteiger partial charge is 0.336 e. The van der Waals surface area contributed by atoms with Gasteiger partial charge in [-0.05, 0) is 31.5 Å². The zero-order chi connectivity index (χ0) is 18.9. The molecule has 1 saturated heterocycles. The largest absolute Gasteiger partial charge is 0.491 e. The maximum absolute atomic E-state index is 11.5. The molecule has 0 unspecified atom stereocenters. The van der Waals surface area contributed by atoms with Crippen molar-refractivity contribution in [2.45, 2.75) is 44.5 Å². The van der Waals surface area contributed by atoms with E-state index in [0.29, 0.717) is 17.8 Å². The summed E-state index contributed by atoms with van der Waals surface area (Å²) < 4.78 is 15.8. The van der Waals surface area contributed by atoms with Crippen LogP contribution in [-0.2, 0) is 9.53 Å². The molecule has 3 rings (SSSR count). The third-order valence-corrected chi connectivity index (χ3v) is 4.66. The zero-order valence-corrected chi connectivity index (χ0v) is 14.7. The Bertz CT molecular complexity index is 854. The molecule has 7 nitrogen and oxygen atoms in total.